The average Bonchev–Trinajstić information content (AvgIpc) is 3.61. The van der Waals surface area contributed by atoms with Crippen molar-refractivity contribution in [1.82, 2.24) is 25.7 Å². The van der Waals surface area contributed by atoms with Crippen molar-refractivity contribution in [2.75, 3.05) is 26.8 Å². The van der Waals surface area contributed by atoms with E-state index in [1.807, 2.05) is 53.6 Å². The minimum Gasteiger partial charge on any atom is -0.496 e. The van der Waals surface area contributed by atoms with Gasteiger partial charge in [0.2, 0.25) is 5.91 Å². The van der Waals surface area contributed by atoms with E-state index < -0.39 is 6.04 Å². The normalized spacial score (nSPS) is 18.3. The molecule has 3 aromatic carbocycles. The summed E-state index contributed by atoms with van der Waals surface area (Å²) in [6.07, 6.45) is 5.67. The van der Waals surface area contributed by atoms with E-state index in [-0.39, 0.29) is 30.4 Å². The van der Waals surface area contributed by atoms with Crippen LogP contribution in [0.1, 0.15) is 40.7 Å². The zero-order valence-corrected chi connectivity index (χ0v) is 25.7. The topological polar surface area (TPSA) is 135 Å². The molecular formula is C35H37N5O6. The number of aromatic amines is 1. The van der Waals surface area contributed by atoms with E-state index in [2.05, 4.69) is 20.8 Å². The van der Waals surface area contributed by atoms with Gasteiger partial charge in [-0.15, -0.1) is 0 Å². The summed E-state index contributed by atoms with van der Waals surface area (Å²) in [6, 6.07) is 19.6. The van der Waals surface area contributed by atoms with E-state index in [0.29, 0.717) is 67.3 Å². The minimum absolute atomic E-state index is 0.0443. The van der Waals surface area contributed by atoms with Crippen molar-refractivity contribution in [2.45, 2.75) is 44.4 Å². The van der Waals surface area contributed by atoms with Crippen LogP contribution >= 0.6 is 0 Å². The number of rotatable bonds is 5. The first-order valence-electron chi connectivity index (χ1n) is 15.4. The Labute approximate surface area is 267 Å². The molecule has 0 aliphatic carbocycles. The summed E-state index contributed by atoms with van der Waals surface area (Å²) in [7, 11) is 1.57. The molecule has 11 nitrogen and oxygen atoms in total. The molecule has 4 heterocycles. The second-order valence-corrected chi connectivity index (χ2v) is 11.5. The molecule has 2 atom stereocenters. The Morgan fingerprint density at radius 2 is 1.91 bits per heavy atom. The number of benzene rings is 3. The third-order valence-electron chi connectivity index (χ3n) is 8.31. The molecule has 0 spiro atoms. The lowest BCUT2D eigenvalue weighted by Crippen LogP contribution is -2.58. The molecular weight excluding hydrogens is 586 g/mol. The Hall–Kier alpha value is -5.32. The maximum Gasteiger partial charge on any atom is 0.258 e. The van der Waals surface area contributed by atoms with Gasteiger partial charge in [0.1, 0.15) is 23.4 Å². The molecule has 1 saturated heterocycles. The SMILES string of the molecule is COc1ccc2cc1-c1cccc(c1)OCC(=O)NCc1ccc(cc1)O[C@@H]1CCN(C(=O)CCCc3cn[nH]c3)C[C@H]1NC2=O. The summed E-state index contributed by atoms with van der Waals surface area (Å²) in [5.41, 5.74) is 3.87. The number of likely N-dealkylation sites (tertiary alicyclic amines) is 1. The monoisotopic (exact) mass is 623 g/mol. The smallest absolute Gasteiger partial charge is 0.258 e. The zero-order chi connectivity index (χ0) is 31.9. The molecule has 11 heteroatoms. The van der Waals surface area contributed by atoms with E-state index in [4.69, 9.17) is 14.2 Å². The summed E-state index contributed by atoms with van der Waals surface area (Å²) in [6.45, 7) is 1.05. The van der Waals surface area contributed by atoms with Crippen molar-refractivity contribution in [1.29, 1.82) is 0 Å². The first-order valence-corrected chi connectivity index (χ1v) is 15.4. The largest absolute Gasteiger partial charge is 0.496 e. The highest BCUT2D eigenvalue weighted by Gasteiger charge is 2.34. The summed E-state index contributed by atoms with van der Waals surface area (Å²) >= 11 is 0. The molecule has 6 bridgehead atoms. The lowest BCUT2D eigenvalue weighted by molar-refractivity contribution is -0.133. The zero-order valence-electron chi connectivity index (χ0n) is 25.7. The summed E-state index contributed by atoms with van der Waals surface area (Å²) in [5.74, 6) is 1.25. The Balaban J connectivity index is 1.27. The molecule has 0 radical (unpaired) electrons. The Kier molecular flexibility index (Phi) is 9.47. The van der Waals surface area contributed by atoms with Gasteiger partial charge in [0.05, 0.1) is 19.3 Å². The van der Waals surface area contributed by atoms with E-state index >= 15 is 0 Å². The number of hydrogen-bond acceptors (Lipinski definition) is 7. The van der Waals surface area contributed by atoms with Crippen molar-refractivity contribution < 1.29 is 28.6 Å². The van der Waals surface area contributed by atoms with Gasteiger partial charge in [-0.25, -0.2) is 0 Å². The van der Waals surface area contributed by atoms with Crippen LogP contribution in [-0.4, -0.2) is 71.8 Å². The number of amides is 3. The number of aromatic nitrogens is 2. The Morgan fingerprint density at radius 1 is 1.04 bits per heavy atom. The van der Waals surface area contributed by atoms with Gasteiger partial charge < -0.3 is 29.7 Å². The van der Waals surface area contributed by atoms with Crippen LogP contribution in [0.3, 0.4) is 0 Å². The van der Waals surface area contributed by atoms with Crippen LogP contribution in [0.5, 0.6) is 17.2 Å². The van der Waals surface area contributed by atoms with Crippen molar-refractivity contribution in [2.24, 2.45) is 0 Å². The number of methoxy groups -OCH3 is 1. The molecule has 7 rings (SSSR count). The van der Waals surface area contributed by atoms with Gasteiger partial charge in [0.25, 0.3) is 11.8 Å². The van der Waals surface area contributed by atoms with Crippen molar-refractivity contribution in [3.8, 4) is 28.4 Å². The summed E-state index contributed by atoms with van der Waals surface area (Å²) in [4.78, 5) is 41.4. The van der Waals surface area contributed by atoms with Crippen LogP contribution in [-0.2, 0) is 22.6 Å². The van der Waals surface area contributed by atoms with Gasteiger partial charge in [-0.3, -0.25) is 19.5 Å². The molecule has 3 amide bonds. The van der Waals surface area contributed by atoms with Crippen LogP contribution in [0, 0.1) is 0 Å². The number of H-pyrrole nitrogens is 1. The first kappa shape index (κ1) is 30.7. The van der Waals surface area contributed by atoms with Crippen LogP contribution in [0.4, 0.5) is 0 Å². The van der Waals surface area contributed by atoms with Gasteiger partial charge in [-0.2, -0.15) is 5.10 Å². The lowest BCUT2D eigenvalue weighted by atomic mass is 9.98. The molecule has 1 aromatic heterocycles. The van der Waals surface area contributed by atoms with Crippen molar-refractivity contribution in [3.63, 3.8) is 0 Å². The minimum atomic E-state index is -0.453. The van der Waals surface area contributed by atoms with Crippen LogP contribution in [0.2, 0.25) is 0 Å². The highest BCUT2D eigenvalue weighted by molar-refractivity contribution is 5.96. The highest BCUT2D eigenvalue weighted by Crippen LogP contribution is 2.33. The quantitative estimate of drug-likeness (QED) is 0.307. The fraction of sp³-hybridized carbons (Fsp3) is 0.314. The molecule has 3 aliphatic heterocycles. The number of ether oxygens (including phenoxy) is 3. The second-order valence-electron chi connectivity index (χ2n) is 11.5. The number of hydrogen-bond donors (Lipinski definition) is 3. The summed E-state index contributed by atoms with van der Waals surface area (Å²) in [5, 5.41) is 12.8. The first-order chi connectivity index (χ1) is 22.4. The fourth-order valence-electron chi connectivity index (χ4n) is 5.79. The third kappa shape index (κ3) is 7.48. The van der Waals surface area contributed by atoms with Crippen molar-refractivity contribution >= 4 is 17.7 Å². The fourth-order valence-corrected chi connectivity index (χ4v) is 5.79. The van der Waals surface area contributed by atoms with E-state index in [0.717, 1.165) is 23.1 Å². The number of aryl methyl sites for hydroxylation is 1. The maximum absolute atomic E-state index is 13.8. The third-order valence-corrected chi connectivity index (χ3v) is 8.31. The van der Waals surface area contributed by atoms with Crippen LogP contribution < -0.4 is 24.8 Å². The maximum atomic E-state index is 13.8. The summed E-state index contributed by atoms with van der Waals surface area (Å²) < 4.78 is 17.8. The van der Waals surface area contributed by atoms with Crippen molar-refractivity contribution in [3.05, 3.63) is 95.8 Å². The van der Waals surface area contributed by atoms with Gasteiger partial charge in [-0.05, 0) is 72.0 Å². The van der Waals surface area contributed by atoms with E-state index in [9.17, 15) is 14.4 Å². The predicted molar refractivity (Wildman–Crippen MR) is 171 cm³/mol. The highest BCUT2D eigenvalue weighted by atomic mass is 16.5. The number of nitrogens with zero attached hydrogens (tertiary/aromatic N) is 2. The standard InChI is InChI=1S/C35H37N5O6/c1-44-31-13-10-26-17-29(31)25-5-3-6-28(16-25)45-22-33(41)36-18-23-8-11-27(12-9-23)46-32-14-15-40(21-30(32)39-35(26)43)34(42)7-2-4-24-19-37-38-20-24/h3,5-6,8-13,16-17,19-20,30,32H,2,4,7,14-15,18,21-22H2,1H3,(H,36,41)(H,37,38)(H,39,43)/t30-,32-/m1/s1. The van der Waals surface area contributed by atoms with E-state index in [1.165, 1.54) is 0 Å². The average molecular weight is 624 g/mol. The molecule has 0 unspecified atom stereocenters. The number of piperidine rings is 1. The molecule has 3 N–H and O–H groups in total. The predicted octanol–water partition coefficient (Wildman–Crippen LogP) is 3.90. The number of fused-ring (bicyclic) bond motifs is 7. The van der Waals surface area contributed by atoms with Gasteiger partial charge in [-0.1, -0.05) is 24.3 Å². The van der Waals surface area contributed by atoms with Gasteiger partial charge in [0, 0.05) is 49.8 Å². The number of carbonyl (C=O) groups excluding carboxylic acids is 3. The Morgan fingerprint density at radius 3 is 2.72 bits per heavy atom. The van der Waals surface area contributed by atoms with Gasteiger partial charge >= 0.3 is 0 Å². The van der Waals surface area contributed by atoms with E-state index in [1.54, 1.807) is 37.6 Å². The molecule has 46 heavy (non-hydrogen) atoms. The number of nitrogens with one attached hydrogen (secondary N) is 3. The molecule has 1 fully saturated rings. The van der Waals surface area contributed by atoms with Gasteiger partial charge in [0.15, 0.2) is 6.61 Å². The molecule has 3 aliphatic rings. The Bertz CT molecular complexity index is 1670. The van der Waals surface area contributed by atoms with Crippen LogP contribution in [0.15, 0.2) is 79.1 Å². The number of carbonyl (C=O) groups is 3. The second kappa shape index (κ2) is 14.2. The lowest BCUT2D eigenvalue weighted by Gasteiger charge is -2.39. The molecule has 0 saturated carbocycles. The van der Waals surface area contributed by atoms with Crippen LogP contribution in [0.25, 0.3) is 11.1 Å². The molecule has 4 aromatic rings. The molecule has 238 valence electrons.